The van der Waals surface area contributed by atoms with Crippen molar-refractivity contribution in [1.82, 2.24) is 0 Å². The molecule has 1 saturated heterocycles. The number of carboxylic acids is 1. The van der Waals surface area contributed by atoms with E-state index in [1.54, 1.807) is 11.8 Å². The van der Waals surface area contributed by atoms with Crippen LogP contribution >= 0.6 is 11.8 Å². The molecule has 0 spiro atoms. The van der Waals surface area contributed by atoms with Gasteiger partial charge in [0.1, 0.15) is 4.75 Å². The monoisotopic (exact) mass is 222 g/mol. The first-order chi connectivity index (χ1) is 7.26. The molecule has 2 rings (SSSR count). The van der Waals surface area contributed by atoms with E-state index in [1.165, 1.54) is 0 Å². The smallest absolute Gasteiger partial charge is 0.324 e. The predicted molar refractivity (Wildman–Crippen MR) is 62.1 cm³/mol. The number of carbonyl (C=O) groups is 1. The lowest BCUT2D eigenvalue weighted by Crippen LogP contribution is -2.34. The molecule has 1 aromatic rings. The molecule has 0 unspecified atom stereocenters. The number of carboxylic acid groups (broad SMARTS) is 1. The van der Waals surface area contributed by atoms with E-state index in [-0.39, 0.29) is 0 Å². The van der Waals surface area contributed by atoms with Crippen LogP contribution in [0, 0.1) is 0 Å². The molecule has 1 fully saturated rings. The molecule has 0 radical (unpaired) electrons. The van der Waals surface area contributed by atoms with Crippen LogP contribution in [0.3, 0.4) is 0 Å². The fourth-order valence-electron chi connectivity index (χ4n) is 2.02. The molecule has 1 aliphatic heterocycles. The van der Waals surface area contributed by atoms with E-state index in [2.05, 4.69) is 0 Å². The van der Waals surface area contributed by atoms with Crippen molar-refractivity contribution >= 4 is 17.7 Å². The van der Waals surface area contributed by atoms with E-state index in [0.717, 1.165) is 30.6 Å². The Kier molecular flexibility index (Phi) is 3.00. The summed E-state index contributed by atoms with van der Waals surface area (Å²) in [5, 5.41) is 9.42. The Hall–Kier alpha value is -0.960. The molecule has 15 heavy (non-hydrogen) atoms. The standard InChI is InChI=1S/C12H14O2S/c13-11(14)12(8-4-5-9-15-12)10-6-2-1-3-7-10/h1-3,6-7H,4-5,8-9H2,(H,13,14)/t12-/m0/s1. The number of aliphatic carboxylic acids is 1. The second-order valence-corrected chi connectivity index (χ2v) is 5.20. The minimum Gasteiger partial charge on any atom is -0.480 e. The highest BCUT2D eigenvalue weighted by atomic mass is 32.2. The van der Waals surface area contributed by atoms with Gasteiger partial charge in [-0.25, -0.2) is 0 Å². The summed E-state index contributed by atoms with van der Waals surface area (Å²) in [6.45, 7) is 0. The van der Waals surface area contributed by atoms with Gasteiger partial charge in [0.05, 0.1) is 0 Å². The third-order valence-corrected chi connectivity index (χ3v) is 4.46. The van der Waals surface area contributed by atoms with Crippen LogP contribution in [0.25, 0.3) is 0 Å². The van der Waals surface area contributed by atoms with Gasteiger partial charge in [0.2, 0.25) is 0 Å². The van der Waals surface area contributed by atoms with Crippen LogP contribution < -0.4 is 0 Å². The topological polar surface area (TPSA) is 37.3 Å². The van der Waals surface area contributed by atoms with Gasteiger partial charge in [-0.1, -0.05) is 36.8 Å². The molecular weight excluding hydrogens is 208 g/mol. The Balaban J connectivity index is 2.38. The number of hydrogen-bond acceptors (Lipinski definition) is 2. The first-order valence-electron chi connectivity index (χ1n) is 5.18. The van der Waals surface area contributed by atoms with E-state index in [4.69, 9.17) is 0 Å². The van der Waals surface area contributed by atoms with Crippen LogP contribution in [0.5, 0.6) is 0 Å². The second-order valence-electron chi connectivity index (χ2n) is 3.80. The largest absolute Gasteiger partial charge is 0.480 e. The van der Waals surface area contributed by atoms with E-state index >= 15 is 0 Å². The quantitative estimate of drug-likeness (QED) is 0.836. The maximum absolute atomic E-state index is 11.5. The second kappa shape index (κ2) is 4.27. The summed E-state index contributed by atoms with van der Waals surface area (Å²) in [6, 6.07) is 9.59. The van der Waals surface area contributed by atoms with E-state index in [0.29, 0.717) is 0 Å². The number of benzene rings is 1. The van der Waals surface area contributed by atoms with E-state index in [9.17, 15) is 9.90 Å². The first kappa shape index (κ1) is 10.6. The zero-order chi connectivity index (χ0) is 10.7. The van der Waals surface area contributed by atoms with Crippen LogP contribution in [0.2, 0.25) is 0 Å². The van der Waals surface area contributed by atoms with Crippen molar-refractivity contribution in [2.45, 2.75) is 24.0 Å². The van der Waals surface area contributed by atoms with Crippen LogP contribution in [0.1, 0.15) is 24.8 Å². The molecule has 3 heteroatoms. The molecule has 0 aromatic heterocycles. The Bertz CT molecular complexity index is 342. The summed E-state index contributed by atoms with van der Waals surface area (Å²) in [7, 11) is 0. The molecule has 80 valence electrons. The minimum atomic E-state index is -0.696. The van der Waals surface area contributed by atoms with Crippen molar-refractivity contribution < 1.29 is 9.90 Å². The molecule has 0 bridgehead atoms. The number of rotatable bonds is 2. The lowest BCUT2D eigenvalue weighted by Gasteiger charge is -2.32. The van der Waals surface area contributed by atoms with E-state index in [1.807, 2.05) is 30.3 Å². The molecule has 1 atom stereocenters. The minimum absolute atomic E-state index is 0.695. The SMILES string of the molecule is O=C(O)[C@@]1(c2ccccc2)CCCCS1. The van der Waals surface area contributed by atoms with Crippen LogP contribution in [0.4, 0.5) is 0 Å². The molecule has 1 heterocycles. The van der Waals surface area contributed by atoms with Gasteiger partial charge in [0, 0.05) is 0 Å². The Morgan fingerprint density at radius 3 is 2.53 bits per heavy atom. The summed E-state index contributed by atoms with van der Waals surface area (Å²) in [5.41, 5.74) is 0.933. The van der Waals surface area contributed by atoms with Crippen molar-refractivity contribution in [2.75, 3.05) is 5.75 Å². The highest BCUT2D eigenvalue weighted by Crippen LogP contribution is 2.45. The normalized spacial score (nSPS) is 26.1. The van der Waals surface area contributed by atoms with Crippen molar-refractivity contribution in [3.8, 4) is 0 Å². The maximum Gasteiger partial charge on any atom is 0.324 e. The third-order valence-electron chi connectivity index (χ3n) is 2.86. The Morgan fingerprint density at radius 1 is 1.27 bits per heavy atom. The molecular formula is C12H14O2S. The molecule has 0 saturated carbocycles. The highest BCUT2D eigenvalue weighted by Gasteiger charge is 2.41. The Morgan fingerprint density at radius 2 is 2.00 bits per heavy atom. The van der Waals surface area contributed by atoms with Gasteiger partial charge < -0.3 is 5.11 Å². The summed E-state index contributed by atoms with van der Waals surface area (Å²) in [4.78, 5) is 11.5. The lowest BCUT2D eigenvalue weighted by atomic mass is 9.92. The summed E-state index contributed by atoms with van der Waals surface area (Å²) < 4.78 is -0.695. The van der Waals surface area contributed by atoms with Gasteiger partial charge in [0.25, 0.3) is 0 Å². The van der Waals surface area contributed by atoms with Gasteiger partial charge in [-0.3, -0.25) is 4.79 Å². The Labute approximate surface area is 93.7 Å². The highest BCUT2D eigenvalue weighted by molar-refractivity contribution is 8.01. The van der Waals surface area contributed by atoms with Crippen LogP contribution in [0.15, 0.2) is 30.3 Å². The summed E-state index contributed by atoms with van der Waals surface area (Å²) in [5.74, 6) is 0.250. The van der Waals surface area contributed by atoms with Crippen molar-refractivity contribution in [3.63, 3.8) is 0 Å². The fourth-order valence-corrected chi connectivity index (χ4v) is 3.43. The van der Waals surface area contributed by atoms with Crippen molar-refractivity contribution in [2.24, 2.45) is 0 Å². The number of hydrogen-bond donors (Lipinski definition) is 1. The van der Waals surface area contributed by atoms with E-state index < -0.39 is 10.7 Å². The average Bonchev–Trinajstić information content (AvgIpc) is 2.31. The van der Waals surface area contributed by atoms with Gasteiger partial charge in [-0.2, -0.15) is 0 Å². The zero-order valence-electron chi connectivity index (χ0n) is 8.48. The van der Waals surface area contributed by atoms with Gasteiger partial charge in [-0.15, -0.1) is 11.8 Å². The molecule has 1 N–H and O–H groups in total. The summed E-state index contributed by atoms with van der Waals surface area (Å²) in [6.07, 6.45) is 2.89. The van der Waals surface area contributed by atoms with Gasteiger partial charge in [-0.05, 0) is 24.2 Å². The average molecular weight is 222 g/mol. The van der Waals surface area contributed by atoms with Crippen LogP contribution in [-0.4, -0.2) is 16.8 Å². The molecule has 1 aromatic carbocycles. The zero-order valence-corrected chi connectivity index (χ0v) is 9.30. The van der Waals surface area contributed by atoms with Gasteiger partial charge in [0.15, 0.2) is 0 Å². The van der Waals surface area contributed by atoms with Gasteiger partial charge >= 0.3 is 5.97 Å². The van der Waals surface area contributed by atoms with Crippen molar-refractivity contribution in [3.05, 3.63) is 35.9 Å². The summed E-state index contributed by atoms with van der Waals surface area (Å²) >= 11 is 1.57. The lowest BCUT2D eigenvalue weighted by molar-refractivity contribution is -0.140. The third kappa shape index (κ3) is 1.88. The fraction of sp³-hybridized carbons (Fsp3) is 0.417. The number of thioether (sulfide) groups is 1. The van der Waals surface area contributed by atoms with Crippen LogP contribution in [-0.2, 0) is 9.54 Å². The van der Waals surface area contributed by atoms with Crippen molar-refractivity contribution in [1.29, 1.82) is 0 Å². The molecule has 1 aliphatic rings. The molecule has 0 amide bonds. The first-order valence-corrected chi connectivity index (χ1v) is 6.17. The predicted octanol–water partition coefficient (Wildman–Crippen LogP) is 2.88. The molecule has 0 aliphatic carbocycles. The molecule has 2 nitrogen and oxygen atoms in total. The maximum atomic E-state index is 11.5.